The van der Waals surface area contributed by atoms with Gasteiger partial charge in [0.05, 0.1) is 11.3 Å². The highest BCUT2D eigenvalue weighted by Gasteiger charge is 2.15. The topological polar surface area (TPSA) is 72.5 Å². The minimum Gasteiger partial charge on any atom is -0.478 e. The molecule has 0 atom stereocenters. The third-order valence-corrected chi connectivity index (χ3v) is 3.58. The Morgan fingerprint density at radius 2 is 2.05 bits per heavy atom. The number of anilines is 1. The molecule has 0 aliphatic rings. The molecule has 0 bridgehead atoms. The van der Waals surface area contributed by atoms with Crippen molar-refractivity contribution in [1.29, 1.82) is 0 Å². The molecule has 2 rings (SSSR count). The first-order valence-electron chi connectivity index (χ1n) is 5.65. The Bertz CT molecular complexity index is 688. The van der Waals surface area contributed by atoms with Crippen molar-refractivity contribution in [3.63, 3.8) is 0 Å². The van der Waals surface area contributed by atoms with Crippen LogP contribution in [-0.2, 0) is 0 Å². The average Bonchev–Trinajstić information content (AvgIpc) is 2.37. The molecular weight excluding hydrogens is 329 g/mol. The van der Waals surface area contributed by atoms with Gasteiger partial charge in [-0.15, -0.1) is 0 Å². The van der Waals surface area contributed by atoms with Crippen LogP contribution < -0.4 is 10.5 Å². The Balaban J connectivity index is 2.36. The summed E-state index contributed by atoms with van der Waals surface area (Å²) in [6.07, 6.45) is 0. The molecule has 2 aromatic carbocycles. The standard InChI is InChI=1S/C14H11BrFNO3/c1-7-4-8(2-3-10(7)15)20-13-6-11(16)9(14(18)19)5-12(13)17/h2-6H,17H2,1H3,(H,18,19). The fourth-order valence-corrected chi connectivity index (χ4v) is 1.88. The summed E-state index contributed by atoms with van der Waals surface area (Å²) in [4.78, 5) is 10.8. The van der Waals surface area contributed by atoms with E-state index in [9.17, 15) is 9.18 Å². The third-order valence-electron chi connectivity index (χ3n) is 2.69. The maximum absolute atomic E-state index is 13.6. The second-order valence-corrected chi connectivity index (χ2v) is 5.04. The first-order chi connectivity index (χ1) is 9.38. The van der Waals surface area contributed by atoms with E-state index >= 15 is 0 Å². The number of nitrogen functional groups attached to an aromatic ring is 1. The number of nitrogens with two attached hydrogens (primary N) is 1. The molecule has 3 N–H and O–H groups in total. The van der Waals surface area contributed by atoms with Gasteiger partial charge in [-0.25, -0.2) is 9.18 Å². The Morgan fingerprint density at radius 1 is 1.35 bits per heavy atom. The van der Waals surface area contributed by atoms with Gasteiger partial charge in [0, 0.05) is 10.5 Å². The molecule has 0 heterocycles. The largest absolute Gasteiger partial charge is 0.478 e. The smallest absolute Gasteiger partial charge is 0.338 e. The molecule has 0 aromatic heterocycles. The lowest BCUT2D eigenvalue weighted by Crippen LogP contribution is -2.03. The normalized spacial score (nSPS) is 10.3. The van der Waals surface area contributed by atoms with Crippen LogP contribution in [0.4, 0.5) is 10.1 Å². The molecule has 104 valence electrons. The van der Waals surface area contributed by atoms with Gasteiger partial charge in [-0.2, -0.15) is 0 Å². The summed E-state index contributed by atoms with van der Waals surface area (Å²) in [6, 6.07) is 7.25. The van der Waals surface area contributed by atoms with Crippen molar-refractivity contribution in [1.82, 2.24) is 0 Å². The molecule has 0 fully saturated rings. The summed E-state index contributed by atoms with van der Waals surface area (Å²) in [5.74, 6) is -1.70. The third kappa shape index (κ3) is 2.91. The van der Waals surface area contributed by atoms with Crippen molar-refractivity contribution >= 4 is 27.6 Å². The van der Waals surface area contributed by atoms with E-state index < -0.39 is 17.3 Å². The van der Waals surface area contributed by atoms with Gasteiger partial charge < -0.3 is 15.6 Å². The number of carbonyl (C=O) groups is 1. The number of hydrogen-bond donors (Lipinski definition) is 2. The highest BCUT2D eigenvalue weighted by molar-refractivity contribution is 9.10. The lowest BCUT2D eigenvalue weighted by molar-refractivity contribution is 0.0692. The molecule has 0 saturated carbocycles. The average molecular weight is 340 g/mol. The van der Waals surface area contributed by atoms with E-state index in [2.05, 4.69) is 15.9 Å². The van der Waals surface area contributed by atoms with Gasteiger partial charge in [0.2, 0.25) is 0 Å². The Kier molecular flexibility index (Phi) is 3.94. The summed E-state index contributed by atoms with van der Waals surface area (Å²) < 4.78 is 20.0. The van der Waals surface area contributed by atoms with Gasteiger partial charge in [-0.05, 0) is 36.8 Å². The number of carboxylic acid groups (broad SMARTS) is 1. The number of halogens is 2. The highest BCUT2D eigenvalue weighted by Crippen LogP contribution is 2.31. The second kappa shape index (κ2) is 5.50. The summed E-state index contributed by atoms with van der Waals surface area (Å²) in [5.41, 5.74) is 6.20. The molecule has 0 amide bonds. The molecule has 0 aliphatic heterocycles. The fourth-order valence-electron chi connectivity index (χ4n) is 1.63. The highest BCUT2D eigenvalue weighted by atomic mass is 79.9. The van der Waals surface area contributed by atoms with Gasteiger partial charge in [-0.1, -0.05) is 15.9 Å². The van der Waals surface area contributed by atoms with Crippen LogP contribution in [0.25, 0.3) is 0 Å². The Labute approximate surface area is 123 Å². The predicted molar refractivity (Wildman–Crippen MR) is 76.7 cm³/mol. The maximum atomic E-state index is 13.6. The molecule has 6 heteroatoms. The predicted octanol–water partition coefficient (Wildman–Crippen LogP) is 3.97. The van der Waals surface area contributed by atoms with Crippen LogP contribution in [0.1, 0.15) is 15.9 Å². The maximum Gasteiger partial charge on any atom is 0.338 e. The second-order valence-electron chi connectivity index (χ2n) is 4.19. The number of carboxylic acids is 1. The quantitative estimate of drug-likeness (QED) is 0.830. The van der Waals surface area contributed by atoms with Crippen LogP contribution in [0.15, 0.2) is 34.8 Å². The van der Waals surface area contributed by atoms with E-state index in [4.69, 9.17) is 15.6 Å². The molecular formula is C14H11BrFNO3. The Hall–Kier alpha value is -2.08. The van der Waals surface area contributed by atoms with Crippen LogP contribution in [0.3, 0.4) is 0 Å². The molecule has 0 radical (unpaired) electrons. The van der Waals surface area contributed by atoms with Crippen molar-refractivity contribution in [2.24, 2.45) is 0 Å². The molecule has 0 saturated heterocycles. The number of aryl methyl sites for hydroxylation is 1. The minimum atomic E-state index is -1.37. The van der Waals surface area contributed by atoms with Gasteiger partial charge in [0.1, 0.15) is 11.6 Å². The van der Waals surface area contributed by atoms with E-state index in [1.807, 2.05) is 6.92 Å². The van der Waals surface area contributed by atoms with Crippen molar-refractivity contribution in [2.45, 2.75) is 6.92 Å². The number of hydrogen-bond acceptors (Lipinski definition) is 3. The van der Waals surface area contributed by atoms with Crippen LogP contribution in [0.5, 0.6) is 11.5 Å². The van der Waals surface area contributed by atoms with Crippen molar-refractivity contribution in [3.05, 3.63) is 51.7 Å². The summed E-state index contributed by atoms with van der Waals surface area (Å²) in [6.45, 7) is 1.88. The van der Waals surface area contributed by atoms with Crippen molar-refractivity contribution in [3.8, 4) is 11.5 Å². The lowest BCUT2D eigenvalue weighted by atomic mass is 10.1. The fraction of sp³-hybridized carbons (Fsp3) is 0.0714. The number of aromatic carboxylic acids is 1. The first kappa shape index (κ1) is 14.3. The lowest BCUT2D eigenvalue weighted by Gasteiger charge is -2.11. The summed E-state index contributed by atoms with van der Waals surface area (Å²) >= 11 is 3.36. The number of rotatable bonds is 3. The van der Waals surface area contributed by atoms with E-state index in [0.29, 0.717) is 5.75 Å². The number of benzene rings is 2. The molecule has 4 nitrogen and oxygen atoms in total. The van der Waals surface area contributed by atoms with Crippen LogP contribution in [-0.4, -0.2) is 11.1 Å². The van der Waals surface area contributed by atoms with E-state index in [-0.39, 0.29) is 11.4 Å². The minimum absolute atomic E-state index is 0.0596. The van der Waals surface area contributed by atoms with Crippen molar-refractivity contribution < 1.29 is 19.0 Å². The van der Waals surface area contributed by atoms with E-state index in [1.54, 1.807) is 18.2 Å². The van der Waals surface area contributed by atoms with Crippen LogP contribution >= 0.6 is 15.9 Å². The Morgan fingerprint density at radius 3 is 2.65 bits per heavy atom. The molecule has 0 aliphatic carbocycles. The molecule has 2 aromatic rings. The molecule has 20 heavy (non-hydrogen) atoms. The summed E-state index contributed by atoms with van der Waals surface area (Å²) in [7, 11) is 0. The van der Waals surface area contributed by atoms with Gasteiger partial charge in [0.15, 0.2) is 5.75 Å². The SMILES string of the molecule is Cc1cc(Oc2cc(F)c(C(=O)O)cc2N)ccc1Br. The monoisotopic (exact) mass is 339 g/mol. The van der Waals surface area contributed by atoms with Crippen LogP contribution in [0.2, 0.25) is 0 Å². The van der Waals surface area contributed by atoms with E-state index in [1.165, 1.54) is 0 Å². The van der Waals surface area contributed by atoms with Gasteiger partial charge in [-0.3, -0.25) is 0 Å². The van der Waals surface area contributed by atoms with E-state index in [0.717, 1.165) is 22.2 Å². The van der Waals surface area contributed by atoms with Crippen molar-refractivity contribution in [2.75, 3.05) is 5.73 Å². The summed E-state index contributed by atoms with van der Waals surface area (Å²) in [5, 5.41) is 8.80. The first-order valence-corrected chi connectivity index (χ1v) is 6.44. The van der Waals surface area contributed by atoms with Gasteiger partial charge in [0.25, 0.3) is 0 Å². The zero-order chi connectivity index (χ0) is 14.9. The molecule has 0 spiro atoms. The van der Waals surface area contributed by atoms with Crippen LogP contribution in [0, 0.1) is 12.7 Å². The zero-order valence-corrected chi connectivity index (χ0v) is 12.1. The number of ether oxygens (including phenoxy) is 1. The van der Waals surface area contributed by atoms with Gasteiger partial charge >= 0.3 is 5.97 Å². The zero-order valence-electron chi connectivity index (χ0n) is 10.5. The molecule has 0 unspecified atom stereocenters.